The van der Waals surface area contributed by atoms with Crippen LogP contribution in [0, 0.1) is 11.7 Å². The number of hydrogen-bond acceptors (Lipinski definition) is 3. The Hall–Kier alpha value is -1.29. The van der Waals surface area contributed by atoms with E-state index in [0.717, 1.165) is 31.7 Å². The molecule has 2 rings (SSSR count). The highest BCUT2D eigenvalue weighted by molar-refractivity contribution is 5.50. The number of nitrogens with one attached hydrogen (secondary N) is 1. The van der Waals surface area contributed by atoms with Gasteiger partial charge in [0, 0.05) is 30.9 Å². The normalized spacial score (nSPS) is 20.1. The molecule has 1 aliphatic heterocycles. The Kier molecular flexibility index (Phi) is 5.24. The third-order valence-electron chi connectivity index (χ3n) is 3.81. The second-order valence-corrected chi connectivity index (χ2v) is 5.65. The van der Waals surface area contributed by atoms with E-state index in [9.17, 15) is 4.39 Å². The maximum atomic E-state index is 14.0. The molecule has 0 amide bonds. The molecule has 1 atom stereocenters. The van der Waals surface area contributed by atoms with Gasteiger partial charge in [0.25, 0.3) is 0 Å². The van der Waals surface area contributed by atoms with Crippen molar-refractivity contribution in [3.63, 3.8) is 0 Å². The van der Waals surface area contributed by atoms with Crippen molar-refractivity contribution in [3.8, 4) is 5.75 Å². The van der Waals surface area contributed by atoms with Gasteiger partial charge in [0.2, 0.25) is 0 Å². The first kappa shape index (κ1) is 15.1. The smallest absolute Gasteiger partial charge is 0.167 e. The molecule has 1 saturated heterocycles. The van der Waals surface area contributed by atoms with Gasteiger partial charge in [-0.15, -0.1) is 0 Å². The number of rotatable bonds is 4. The Morgan fingerprint density at radius 1 is 1.45 bits per heavy atom. The molecule has 1 aliphatic rings. The number of anilines is 1. The minimum atomic E-state index is -0.275. The van der Waals surface area contributed by atoms with Crippen LogP contribution in [0.25, 0.3) is 0 Å². The van der Waals surface area contributed by atoms with Crippen LogP contribution in [0.2, 0.25) is 0 Å². The number of ether oxygens (including phenoxy) is 1. The Bertz CT molecular complexity index is 436. The SMILES string of the molecule is CCOc1ccc(N2CCCNC(C(C)C)C2)cc1F. The van der Waals surface area contributed by atoms with Gasteiger partial charge < -0.3 is 15.0 Å². The lowest BCUT2D eigenvalue weighted by molar-refractivity contribution is 0.321. The summed E-state index contributed by atoms with van der Waals surface area (Å²) in [5.41, 5.74) is 0.945. The summed E-state index contributed by atoms with van der Waals surface area (Å²) < 4.78 is 19.2. The summed E-state index contributed by atoms with van der Waals surface area (Å²) in [6.45, 7) is 9.70. The summed E-state index contributed by atoms with van der Waals surface area (Å²) in [7, 11) is 0. The van der Waals surface area contributed by atoms with Gasteiger partial charge in [-0.05, 0) is 37.9 Å². The molecule has 1 N–H and O–H groups in total. The largest absolute Gasteiger partial charge is 0.491 e. The molecule has 0 spiro atoms. The van der Waals surface area contributed by atoms with Gasteiger partial charge in [0.1, 0.15) is 0 Å². The van der Waals surface area contributed by atoms with Gasteiger partial charge >= 0.3 is 0 Å². The quantitative estimate of drug-likeness (QED) is 0.917. The average Bonchev–Trinajstić information content (AvgIpc) is 2.67. The molecule has 0 saturated carbocycles. The van der Waals surface area contributed by atoms with Crippen LogP contribution in [0.5, 0.6) is 5.75 Å². The molecule has 0 aromatic heterocycles. The molecule has 1 unspecified atom stereocenters. The number of halogens is 1. The number of nitrogens with zero attached hydrogens (tertiary/aromatic N) is 1. The second kappa shape index (κ2) is 6.93. The summed E-state index contributed by atoms with van der Waals surface area (Å²) in [5.74, 6) is 0.635. The maximum absolute atomic E-state index is 14.0. The minimum absolute atomic E-state index is 0.275. The molecule has 4 heteroatoms. The van der Waals surface area contributed by atoms with Crippen molar-refractivity contribution < 1.29 is 9.13 Å². The first-order valence-electron chi connectivity index (χ1n) is 7.52. The van der Waals surface area contributed by atoms with Gasteiger partial charge in [0.05, 0.1) is 6.61 Å². The lowest BCUT2D eigenvalue weighted by atomic mass is 10.0. The van der Waals surface area contributed by atoms with Crippen LogP contribution in [0.1, 0.15) is 27.2 Å². The van der Waals surface area contributed by atoms with E-state index in [0.29, 0.717) is 24.3 Å². The minimum Gasteiger partial charge on any atom is -0.491 e. The number of hydrogen-bond donors (Lipinski definition) is 1. The van der Waals surface area contributed by atoms with Crippen LogP contribution in [-0.2, 0) is 0 Å². The fourth-order valence-corrected chi connectivity index (χ4v) is 2.59. The second-order valence-electron chi connectivity index (χ2n) is 5.65. The van der Waals surface area contributed by atoms with E-state index in [2.05, 4.69) is 24.1 Å². The molecule has 1 fully saturated rings. The number of benzene rings is 1. The molecular formula is C16H25FN2O. The predicted molar refractivity (Wildman–Crippen MR) is 81.0 cm³/mol. The van der Waals surface area contributed by atoms with E-state index in [4.69, 9.17) is 4.74 Å². The first-order valence-corrected chi connectivity index (χ1v) is 7.52. The highest BCUT2D eigenvalue weighted by Gasteiger charge is 2.21. The zero-order chi connectivity index (χ0) is 14.5. The standard InChI is InChI=1S/C16H25FN2O/c1-4-20-16-7-6-13(10-14(16)17)19-9-5-8-18-15(11-19)12(2)3/h6-7,10,12,15,18H,4-5,8-9,11H2,1-3H3. The molecular weight excluding hydrogens is 255 g/mol. The molecule has 112 valence electrons. The zero-order valence-corrected chi connectivity index (χ0v) is 12.7. The first-order chi connectivity index (χ1) is 9.61. The lowest BCUT2D eigenvalue weighted by Crippen LogP contribution is -2.41. The van der Waals surface area contributed by atoms with Gasteiger partial charge in [-0.25, -0.2) is 4.39 Å². The Morgan fingerprint density at radius 3 is 2.90 bits per heavy atom. The van der Waals surface area contributed by atoms with Gasteiger partial charge in [0.15, 0.2) is 11.6 Å². The monoisotopic (exact) mass is 280 g/mol. The Balaban J connectivity index is 2.14. The summed E-state index contributed by atoms with van der Waals surface area (Å²) in [6, 6.07) is 5.73. The topological polar surface area (TPSA) is 24.5 Å². The lowest BCUT2D eigenvalue weighted by Gasteiger charge is -2.28. The van der Waals surface area contributed by atoms with Gasteiger partial charge in [-0.1, -0.05) is 13.8 Å². The third kappa shape index (κ3) is 3.63. The van der Waals surface area contributed by atoms with Crippen molar-refractivity contribution in [2.45, 2.75) is 33.2 Å². The highest BCUT2D eigenvalue weighted by atomic mass is 19.1. The van der Waals surface area contributed by atoms with E-state index in [1.54, 1.807) is 12.1 Å². The molecule has 1 aromatic carbocycles. The molecule has 20 heavy (non-hydrogen) atoms. The molecule has 1 aromatic rings. The zero-order valence-electron chi connectivity index (χ0n) is 12.7. The van der Waals surface area contributed by atoms with Gasteiger partial charge in [-0.3, -0.25) is 0 Å². The summed E-state index contributed by atoms with van der Waals surface area (Å²) in [6.07, 6.45) is 1.08. The summed E-state index contributed by atoms with van der Waals surface area (Å²) >= 11 is 0. The van der Waals surface area contributed by atoms with Crippen LogP contribution in [-0.4, -0.2) is 32.3 Å². The van der Waals surface area contributed by atoms with E-state index in [-0.39, 0.29) is 5.82 Å². The molecule has 0 radical (unpaired) electrons. The van der Waals surface area contributed by atoms with Crippen LogP contribution >= 0.6 is 0 Å². The Morgan fingerprint density at radius 2 is 2.25 bits per heavy atom. The van der Waals surface area contributed by atoms with Crippen LogP contribution < -0.4 is 15.0 Å². The van der Waals surface area contributed by atoms with Crippen molar-refractivity contribution in [2.75, 3.05) is 31.1 Å². The molecule has 3 nitrogen and oxygen atoms in total. The fourth-order valence-electron chi connectivity index (χ4n) is 2.59. The van der Waals surface area contributed by atoms with Crippen LogP contribution in [0.15, 0.2) is 18.2 Å². The van der Waals surface area contributed by atoms with Crippen molar-refractivity contribution in [1.29, 1.82) is 0 Å². The highest BCUT2D eigenvalue weighted by Crippen LogP contribution is 2.25. The van der Waals surface area contributed by atoms with Crippen LogP contribution in [0.4, 0.5) is 10.1 Å². The van der Waals surface area contributed by atoms with Crippen molar-refractivity contribution >= 4 is 5.69 Å². The van der Waals surface area contributed by atoms with E-state index in [1.165, 1.54) is 0 Å². The van der Waals surface area contributed by atoms with E-state index < -0.39 is 0 Å². The maximum Gasteiger partial charge on any atom is 0.167 e. The average molecular weight is 280 g/mol. The fraction of sp³-hybridized carbons (Fsp3) is 0.625. The van der Waals surface area contributed by atoms with Crippen LogP contribution in [0.3, 0.4) is 0 Å². The van der Waals surface area contributed by atoms with E-state index in [1.807, 2.05) is 13.0 Å². The predicted octanol–water partition coefficient (Wildman–Crippen LogP) is 3.05. The van der Waals surface area contributed by atoms with Crippen molar-refractivity contribution in [3.05, 3.63) is 24.0 Å². The van der Waals surface area contributed by atoms with Crippen molar-refractivity contribution in [1.82, 2.24) is 5.32 Å². The van der Waals surface area contributed by atoms with Crippen molar-refractivity contribution in [2.24, 2.45) is 5.92 Å². The molecule has 1 heterocycles. The van der Waals surface area contributed by atoms with Gasteiger partial charge in [-0.2, -0.15) is 0 Å². The third-order valence-corrected chi connectivity index (χ3v) is 3.81. The molecule has 0 bridgehead atoms. The summed E-state index contributed by atoms with van der Waals surface area (Å²) in [4.78, 5) is 2.27. The summed E-state index contributed by atoms with van der Waals surface area (Å²) in [5, 5.41) is 3.57. The Labute approximate surface area is 121 Å². The van der Waals surface area contributed by atoms with E-state index >= 15 is 0 Å². The molecule has 0 aliphatic carbocycles.